The van der Waals surface area contributed by atoms with Crippen molar-refractivity contribution in [3.8, 4) is 11.5 Å². The Morgan fingerprint density at radius 1 is 1.14 bits per heavy atom. The summed E-state index contributed by atoms with van der Waals surface area (Å²) < 4.78 is 5.83. The molecule has 0 saturated heterocycles. The Balaban J connectivity index is 2.07. The summed E-state index contributed by atoms with van der Waals surface area (Å²) in [4.78, 5) is 0. The Labute approximate surface area is 131 Å². The van der Waals surface area contributed by atoms with Crippen molar-refractivity contribution in [2.24, 2.45) is 5.73 Å². The van der Waals surface area contributed by atoms with E-state index in [1.165, 1.54) is 18.4 Å². The number of halogens is 1. The molecular formula is C18H22ClNO. The van der Waals surface area contributed by atoms with Crippen molar-refractivity contribution in [2.45, 2.75) is 39.2 Å². The third kappa shape index (κ3) is 4.48. The summed E-state index contributed by atoms with van der Waals surface area (Å²) >= 11 is 6.24. The topological polar surface area (TPSA) is 35.2 Å². The molecule has 0 unspecified atom stereocenters. The molecular weight excluding hydrogens is 282 g/mol. The molecule has 0 aliphatic rings. The van der Waals surface area contributed by atoms with Gasteiger partial charge < -0.3 is 10.5 Å². The average molecular weight is 304 g/mol. The molecule has 112 valence electrons. The van der Waals surface area contributed by atoms with Gasteiger partial charge in [0.25, 0.3) is 0 Å². The molecule has 0 amide bonds. The lowest BCUT2D eigenvalue weighted by molar-refractivity contribution is 0.482. The number of rotatable bonds is 6. The fourth-order valence-corrected chi connectivity index (χ4v) is 2.34. The molecule has 0 aliphatic heterocycles. The van der Waals surface area contributed by atoms with Gasteiger partial charge in [-0.3, -0.25) is 0 Å². The van der Waals surface area contributed by atoms with Crippen LogP contribution in [0, 0.1) is 0 Å². The fraction of sp³-hybridized carbons (Fsp3) is 0.333. The maximum absolute atomic E-state index is 6.24. The minimum Gasteiger partial charge on any atom is -0.456 e. The first-order valence-electron chi connectivity index (χ1n) is 7.42. The summed E-state index contributed by atoms with van der Waals surface area (Å²) in [6, 6.07) is 13.8. The van der Waals surface area contributed by atoms with Crippen LogP contribution in [0.1, 0.15) is 43.9 Å². The number of nitrogens with two attached hydrogens (primary N) is 1. The molecule has 0 radical (unpaired) electrons. The quantitative estimate of drug-likeness (QED) is 0.765. The van der Waals surface area contributed by atoms with Crippen LogP contribution in [0.25, 0.3) is 0 Å². The van der Waals surface area contributed by atoms with Crippen molar-refractivity contribution in [3.05, 3.63) is 58.6 Å². The van der Waals surface area contributed by atoms with E-state index in [-0.39, 0.29) is 6.04 Å². The number of hydrogen-bond acceptors (Lipinski definition) is 2. The number of unbranched alkanes of at least 4 members (excludes halogenated alkanes) is 1. The molecule has 2 N–H and O–H groups in total. The first kappa shape index (κ1) is 15.9. The van der Waals surface area contributed by atoms with Crippen molar-refractivity contribution in [1.82, 2.24) is 0 Å². The minimum atomic E-state index is -0.0330. The van der Waals surface area contributed by atoms with Crippen LogP contribution < -0.4 is 10.5 Å². The van der Waals surface area contributed by atoms with Crippen LogP contribution in [0.15, 0.2) is 42.5 Å². The fourth-order valence-electron chi connectivity index (χ4n) is 2.12. The van der Waals surface area contributed by atoms with Gasteiger partial charge in [0, 0.05) is 6.04 Å². The van der Waals surface area contributed by atoms with E-state index in [1.807, 2.05) is 37.3 Å². The molecule has 3 heteroatoms. The molecule has 2 nitrogen and oxygen atoms in total. The Kier molecular flexibility index (Phi) is 5.66. The van der Waals surface area contributed by atoms with Crippen LogP contribution in [0.4, 0.5) is 0 Å². The van der Waals surface area contributed by atoms with Gasteiger partial charge in [0.15, 0.2) is 0 Å². The number of hydrogen-bond donors (Lipinski definition) is 1. The molecule has 0 fully saturated rings. The van der Waals surface area contributed by atoms with Crippen molar-refractivity contribution in [1.29, 1.82) is 0 Å². The van der Waals surface area contributed by atoms with Gasteiger partial charge in [-0.05, 0) is 55.2 Å². The highest BCUT2D eigenvalue weighted by atomic mass is 35.5. The predicted molar refractivity (Wildman–Crippen MR) is 89.2 cm³/mol. The zero-order valence-corrected chi connectivity index (χ0v) is 13.4. The van der Waals surface area contributed by atoms with Gasteiger partial charge in [-0.15, -0.1) is 0 Å². The molecule has 0 aromatic heterocycles. The summed E-state index contributed by atoms with van der Waals surface area (Å²) in [5.41, 5.74) is 8.18. The van der Waals surface area contributed by atoms with Gasteiger partial charge in [-0.25, -0.2) is 0 Å². The molecule has 21 heavy (non-hydrogen) atoms. The summed E-state index contributed by atoms with van der Waals surface area (Å²) in [5, 5.41) is 0.583. The van der Waals surface area contributed by atoms with Gasteiger partial charge >= 0.3 is 0 Å². The van der Waals surface area contributed by atoms with Gasteiger partial charge in [0.1, 0.15) is 11.5 Å². The zero-order chi connectivity index (χ0) is 15.2. The first-order chi connectivity index (χ1) is 10.1. The summed E-state index contributed by atoms with van der Waals surface area (Å²) in [6.45, 7) is 4.13. The van der Waals surface area contributed by atoms with E-state index in [2.05, 4.69) is 19.1 Å². The highest BCUT2D eigenvalue weighted by molar-refractivity contribution is 6.32. The molecule has 2 aromatic carbocycles. The predicted octanol–water partition coefficient (Wildman–Crippen LogP) is 5.49. The van der Waals surface area contributed by atoms with Crippen LogP contribution in [0.5, 0.6) is 11.5 Å². The lowest BCUT2D eigenvalue weighted by atomic mass is 10.1. The van der Waals surface area contributed by atoms with Gasteiger partial charge in [0.2, 0.25) is 0 Å². The third-order valence-electron chi connectivity index (χ3n) is 3.45. The van der Waals surface area contributed by atoms with E-state index in [0.717, 1.165) is 17.7 Å². The highest BCUT2D eigenvalue weighted by Gasteiger charge is 2.07. The van der Waals surface area contributed by atoms with Gasteiger partial charge in [-0.2, -0.15) is 0 Å². The lowest BCUT2D eigenvalue weighted by Gasteiger charge is -2.11. The largest absolute Gasteiger partial charge is 0.456 e. The Hall–Kier alpha value is -1.51. The van der Waals surface area contributed by atoms with Crippen LogP contribution in [0.3, 0.4) is 0 Å². The Morgan fingerprint density at radius 2 is 1.86 bits per heavy atom. The second-order valence-electron chi connectivity index (χ2n) is 5.33. The molecule has 2 rings (SSSR count). The van der Waals surface area contributed by atoms with Crippen LogP contribution in [-0.4, -0.2) is 0 Å². The first-order valence-corrected chi connectivity index (χ1v) is 7.79. The zero-order valence-electron chi connectivity index (χ0n) is 12.6. The van der Waals surface area contributed by atoms with E-state index in [4.69, 9.17) is 22.1 Å². The monoisotopic (exact) mass is 303 g/mol. The van der Waals surface area contributed by atoms with Crippen LogP contribution in [-0.2, 0) is 6.42 Å². The Bertz CT molecular complexity index is 578. The average Bonchev–Trinajstić information content (AvgIpc) is 2.48. The molecule has 0 saturated carbocycles. The second-order valence-corrected chi connectivity index (χ2v) is 5.74. The standard InChI is InChI=1S/C18H22ClNO/c1-3-4-5-14-6-9-16(10-7-14)21-18-11-8-15(13(2)20)12-17(18)19/h6-13H,3-5,20H2,1-2H3/t13-/m1/s1. The molecule has 2 aromatic rings. The SMILES string of the molecule is CCCCc1ccc(Oc2ccc([C@@H](C)N)cc2Cl)cc1. The molecule has 0 aliphatic carbocycles. The van der Waals surface area contributed by atoms with Crippen molar-refractivity contribution in [2.75, 3.05) is 0 Å². The molecule has 0 heterocycles. The van der Waals surface area contributed by atoms with Crippen molar-refractivity contribution in [3.63, 3.8) is 0 Å². The van der Waals surface area contributed by atoms with E-state index in [0.29, 0.717) is 10.8 Å². The summed E-state index contributed by atoms with van der Waals surface area (Å²) in [6.07, 6.45) is 3.53. The smallest absolute Gasteiger partial charge is 0.146 e. The molecule has 0 bridgehead atoms. The van der Waals surface area contributed by atoms with Gasteiger partial charge in [-0.1, -0.05) is 43.1 Å². The molecule has 0 spiro atoms. The van der Waals surface area contributed by atoms with Crippen molar-refractivity contribution >= 4 is 11.6 Å². The minimum absolute atomic E-state index is 0.0330. The normalized spacial score (nSPS) is 12.2. The van der Waals surface area contributed by atoms with E-state index in [1.54, 1.807) is 0 Å². The lowest BCUT2D eigenvalue weighted by Crippen LogP contribution is -2.04. The van der Waals surface area contributed by atoms with Crippen LogP contribution >= 0.6 is 11.6 Å². The van der Waals surface area contributed by atoms with Crippen LogP contribution in [0.2, 0.25) is 5.02 Å². The number of benzene rings is 2. The molecule has 1 atom stereocenters. The van der Waals surface area contributed by atoms with Crippen molar-refractivity contribution < 1.29 is 4.74 Å². The summed E-state index contributed by atoms with van der Waals surface area (Å²) in [5.74, 6) is 1.45. The van der Waals surface area contributed by atoms with Gasteiger partial charge in [0.05, 0.1) is 5.02 Å². The summed E-state index contributed by atoms with van der Waals surface area (Å²) in [7, 11) is 0. The third-order valence-corrected chi connectivity index (χ3v) is 3.75. The van der Waals surface area contributed by atoms with E-state index in [9.17, 15) is 0 Å². The maximum atomic E-state index is 6.24. The highest BCUT2D eigenvalue weighted by Crippen LogP contribution is 2.31. The van der Waals surface area contributed by atoms with E-state index < -0.39 is 0 Å². The van der Waals surface area contributed by atoms with E-state index >= 15 is 0 Å². The second kappa shape index (κ2) is 7.48. The maximum Gasteiger partial charge on any atom is 0.146 e. The Morgan fingerprint density at radius 3 is 2.43 bits per heavy atom. The number of ether oxygens (including phenoxy) is 1. The number of aryl methyl sites for hydroxylation is 1.